The van der Waals surface area contributed by atoms with E-state index in [9.17, 15) is 9.59 Å². The first-order valence-corrected chi connectivity index (χ1v) is 11.6. The minimum atomic E-state index is -0.0680. The summed E-state index contributed by atoms with van der Waals surface area (Å²) in [5.41, 5.74) is 2.30. The number of carbonyl (C=O) groups excluding carboxylic acids is 2. The number of thiophene rings is 1. The zero-order valence-corrected chi connectivity index (χ0v) is 18.4. The van der Waals surface area contributed by atoms with E-state index >= 15 is 0 Å². The average molecular weight is 440 g/mol. The van der Waals surface area contributed by atoms with E-state index in [1.807, 2.05) is 45.2 Å². The average Bonchev–Trinajstić information content (AvgIpc) is 3.49. The van der Waals surface area contributed by atoms with E-state index < -0.39 is 0 Å². The molecule has 0 atom stereocenters. The molecule has 3 amide bonds. The Balaban J connectivity index is 1.36. The maximum absolute atomic E-state index is 13.5. The van der Waals surface area contributed by atoms with E-state index in [0.29, 0.717) is 54.2 Å². The van der Waals surface area contributed by atoms with Crippen molar-refractivity contribution in [2.75, 3.05) is 39.3 Å². The van der Waals surface area contributed by atoms with E-state index in [0.717, 1.165) is 30.8 Å². The summed E-state index contributed by atoms with van der Waals surface area (Å²) < 4.78 is 5.40. The molecule has 162 valence electrons. The van der Waals surface area contributed by atoms with Gasteiger partial charge >= 0.3 is 6.03 Å². The molecular weight excluding hydrogens is 414 g/mol. The number of piperidine rings is 1. The Morgan fingerprint density at radius 1 is 1.00 bits per heavy atom. The van der Waals surface area contributed by atoms with Crippen LogP contribution in [-0.4, -0.2) is 76.0 Å². The normalized spacial score (nSPS) is 17.4. The Morgan fingerprint density at radius 3 is 2.42 bits per heavy atom. The van der Waals surface area contributed by atoms with E-state index in [1.54, 1.807) is 11.3 Å². The number of amides is 3. The van der Waals surface area contributed by atoms with E-state index in [-0.39, 0.29) is 11.9 Å². The van der Waals surface area contributed by atoms with Crippen molar-refractivity contribution in [2.24, 2.45) is 0 Å². The SMILES string of the molecule is Cc1noc2nc(-c3cccs3)cc(C(=O)N3CCN(C(=O)N4CCCCC4)CC3)c12. The summed E-state index contributed by atoms with van der Waals surface area (Å²) in [6.07, 6.45) is 3.35. The van der Waals surface area contributed by atoms with Crippen molar-refractivity contribution in [3.05, 3.63) is 34.8 Å². The molecule has 0 saturated carbocycles. The molecule has 3 aromatic heterocycles. The zero-order valence-electron chi connectivity index (χ0n) is 17.5. The minimum absolute atomic E-state index is 0.0680. The van der Waals surface area contributed by atoms with Gasteiger partial charge in [-0.1, -0.05) is 11.2 Å². The molecule has 31 heavy (non-hydrogen) atoms. The number of hydrogen-bond acceptors (Lipinski definition) is 6. The van der Waals surface area contributed by atoms with Crippen molar-refractivity contribution < 1.29 is 14.1 Å². The standard InChI is InChI=1S/C22H25N5O3S/c1-15-19-16(14-17(18-6-5-13-31-18)23-20(19)30-24-15)21(28)25-9-11-27(12-10-25)22(29)26-7-3-2-4-8-26/h5-6,13-14H,2-4,7-12H2,1H3. The number of likely N-dealkylation sites (tertiary alicyclic amines) is 1. The van der Waals surface area contributed by atoms with Crippen molar-refractivity contribution >= 4 is 34.4 Å². The second-order valence-electron chi connectivity index (χ2n) is 8.09. The summed E-state index contributed by atoms with van der Waals surface area (Å²) in [6, 6.07) is 5.87. The van der Waals surface area contributed by atoms with Crippen molar-refractivity contribution in [2.45, 2.75) is 26.2 Å². The van der Waals surface area contributed by atoms with Crippen LogP contribution >= 0.6 is 11.3 Å². The van der Waals surface area contributed by atoms with Gasteiger partial charge in [0.25, 0.3) is 11.6 Å². The number of carbonyl (C=O) groups is 2. The predicted octanol–water partition coefficient (Wildman–Crippen LogP) is 3.62. The van der Waals surface area contributed by atoms with Crippen LogP contribution in [0.25, 0.3) is 21.7 Å². The first-order chi connectivity index (χ1) is 15.1. The highest BCUT2D eigenvalue weighted by atomic mass is 32.1. The number of hydrogen-bond donors (Lipinski definition) is 0. The van der Waals surface area contributed by atoms with Gasteiger partial charge in [0.2, 0.25) is 0 Å². The summed E-state index contributed by atoms with van der Waals surface area (Å²) in [5, 5.41) is 6.67. The minimum Gasteiger partial charge on any atom is -0.335 e. The topological polar surface area (TPSA) is 82.8 Å². The molecule has 5 heterocycles. The van der Waals surface area contributed by atoms with Crippen LogP contribution in [0.4, 0.5) is 4.79 Å². The van der Waals surface area contributed by atoms with Crippen LogP contribution in [0.15, 0.2) is 28.1 Å². The van der Waals surface area contributed by atoms with Gasteiger partial charge in [0.05, 0.1) is 27.2 Å². The number of rotatable bonds is 2. The molecular formula is C22H25N5O3S. The zero-order chi connectivity index (χ0) is 21.4. The third kappa shape index (κ3) is 3.78. The largest absolute Gasteiger partial charge is 0.335 e. The lowest BCUT2D eigenvalue weighted by molar-refractivity contribution is 0.0634. The molecule has 2 aliphatic heterocycles. The third-order valence-corrected chi connectivity index (χ3v) is 6.98. The molecule has 0 aliphatic carbocycles. The van der Waals surface area contributed by atoms with Gasteiger partial charge in [-0.2, -0.15) is 0 Å². The van der Waals surface area contributed by atoms with Crippen LogP contribution in [0.2, 0.25) is 0 Å². The lowest BCUT2D eigenvalue weighted by Gasteiger charge is -2.38. The summed E-state index contributed by atoms with van der Waals surface area (Å²) in [4.78, 5) is 37.4. The number of nitrogens with zero attached hydrogens (tertiary/aromatic N) is 5. The molecule has 0 N–H and O–H groups in total. The molecule has 2 saturated heterocycles. The van der Waals surface area contributed by atoms with Gasteiger partial charge in [-0.3, -0.25) is 4.79 Å². The maximum atomic E-state index is 13.5. The number of urea groups is 1. The first-order valence-electron chi connectivity index (χ1n) is 10.8. The Hall–Kier alpha value is -2.94. The van der Waals surface area contributed by atoms with Crippen LogP contribution in [0.5, 0.6) is 0 Å². The quantitative estimate of drug-likeness (QED) is 0.609. The van der Waals surface area contributed by atoms with Crippen molar-refractivity contribution in [3.8, 4) is 10.6 Å². The molecule has 2 aliphatic rings. The second kappa shape index (κ2) is 8.30. The number of aromatic nitrogens is 2. The van der Waals surface area contributed by atoms with Gasteiger partial charge in [0.15, 0.2) is 0 Å². The molecule has 9 heteroatoms. The molecule has 5 rings (SSSR count). The fourth-order valence-electron chi connectivity index (χ4n) is 4.37. The summed E-state index contributed by atoms with van der Waals surface area (Å²) >= 11 is 1.57. The number of piperazine rings is 1. The summed E-state index contributed by atoms with van der Waals surface area (Å²) in [5.74, 6) is -0.0680. The highest BCUT2D eigenvalue weighted by molar-refractivity contribution is 7.13. The highest BCUT2D eigenvalue weighted by Crippen LogP contribution is 2.30. The Kier molecular flexibility index (Phi) is 5.35. The summed E-state index contributed by atoms with van der Waals surface area (Å²) in [6.45, 7) is 5.63. The van der Waals surface area contributed by atoms with Gasteiger partial charge in [-0.15, -0.1) is 11.3 Å². The van der Waals surface area contributed by atoms with E-state index in [1.165, 1.54) is 6.42 Å². The van der Waals surface area contributed by atoms with Crippen LogP contribution in [0, 0.1) is 6.92 Å². The molecule has 0 radical (unpaired) electrons. The van der Waals surface area contributed by atoms with E-state index in [2.05, 4.69) is 10.1 Å². The number of aryl methyl sites for hydroxylation is 1. The smallest absolute Gasteiger partial charge is 0.320 e. The second-order valence-corrected chi connectivity index (χ2v) is 9.04. The molecule has 8 nitrogen and oxygen atoms in total. The Morgan fingerprint density at radius 2 is 1.71 bits per heavy atom. The molecule has 2 fully saturated rings. The fraction of sp³-hybridized carbons (Fsp3) is 0.455. The molecule has 0 spiro atoms. The summed E-state index contributed by atoms with van der Waals surface area (Å²) in [7, 11) is 0. The van der Waals surface area contributed by atoms with Gasteiger partial charge < -0.3 is 19.2 Å². The monoisotopic (exact) mass is 439 g/mol. The van der Waals surface area contributed by atoms with Gasteiger partial charge in [-0.05, 0) is 43.7 Å². The molecule has 3 aromatic rings. The lowest BCUT2D eigenvalue weighted by atomic mass is 10.1. The van der Waals surface area contributed by atoms with Gasteiger partial charge in [0.1, 0.15) is 0 Å². The van der Waals surface area contributed by atoms with Crippen LogP contribution in [-0.2, 0) is 0 Å². The number of fused-ring (bicyclic) bond motifs is 1. The Bertz CT molecular complexity index is 1100. The molecule has 0 aromatic carbocycles. The van der Waals surface area contributed by atoms with Crippen molar-refractivity contribution in [1.82, 2.24) is 24.8 Å². The van der Waals surface area contributed by atoms with Crippen LogP contribution in [0.3, 0.4) is 0 Å². The highest BCUT2D eigenvalue weighted by Gasteiger charge is 2.30. The molecule has 0 unspecified atom stereocenters. The predicted molar refractivity (Wildman–Crippen MR) is 118 cm³/mol. The van der Waals surface area contributed by atoms with Crippen LogP contribution in [0.1, 0.15) is 35.3 Å². The first kappa shape index (κ1) is 20.0. The van der Waals surface area contributed by atoms with Gasteiger partial charge in [-0.25, -0.2) is 9.78 Å². The fourth-order valence-corrected chi connectivity index (χ4v) is 5.06. The lowest BCUT2D eigenvalue weighted by Crippen LogP contribution is -2.54. The third-order valence-electron chi connectivity index (χ3n) is 6.09. The number of pyridine rings is 1. The van der Waals surface area contributed by atoms with Crippen molar-refractivity contribution in [3.63, 3.8) is 0 Å². The molecule has 0 bridgehead atoms. The van der Waals surface area contributed by atoms with Crippen LogP contribution < -0.4 is 0 Å². The Labute approximate surface area is 184 Å². The van der Waals surface area contributed by atoms with E-state index in [4.69, 9.17) is 4.52 Å². The van der Waals surface area contributed by atoms with Crippen molar-refractivity contribution in [1.29, 1.82) is 0 Å². The van der Waals surface area contributed by atoms with Gasteiger partial charge in [0, 0.05) is 39.3 Å². The maximum Gasteiger partial charge on any atom is 0.320 e.